The first kappa shape index (κ1) is 14.3. The lowest BCUT2D eigenvalue weighted by molar-refractivity contribution is -0.385. The normalized spacial score (nSPS) is 9.06. The minimum Gasteiger partial charge on any atom is -0.460 e. The average molecular weight is 247 g/mol. The van der Waals surface area contributed by atoms with Gasteiger partial charge in [0.15, 0.2) is 0 Å². The number of benzene rings is 1. The number of ether oxygens (including phenoxy) is 1. The molecule has 0 fully saturated rings. The Bertz CT molecular complexity index is 384. The molecule has 1 rings (SSSR count). The fourth-order valence-corrected chi connectivity index (χ4v) is 1.03. The van der Waals surface area contributed by atoms with Crippen LogP contribution < -0.4 is 5.73 Å². The van der Waals surface area contributed by atoms with Gasteiger partial charge in [0, 0.05) is 6.07 Å². The van der Waals surface area contributed by atoms with Crippen molar-refractivity contribution in [2.45, 2.75) is 6.61 Å². The van der Waals surface area contributed by atoms with Crippen LogP contribution in [0.4, 0.5) is 5.69 Å². The highest BCUT2D eigenvalue weighted by atomic mass is 35.5. The van der Waals surface area contributed by atoms with Crippen molar-refractivity contribution in [2.75, 3.05) is 6.54 Å². The summed E-state index contributed by atoms with van der Waals surface area (Å²) in [6.45, 7) is -0.367. The third-order valence-corrected chi connectivity index (χ3v) is 1.74. The van der Waals surface area contributed by atoms with Crippen LogP contribution in [0, 0.1) is 10.1 Å². The Morgan fingerprint density at radius 3 is 2.62 bits per heavy atom. The van der Waals surface area contributed by atoms with Crippen molar-refractivity contribution in [1.29, 1.82) is 0 Å². The van der Waals surface area contributed by atoms with E-state index in [1.165, 1.54) is 12.1 Å². The molecule has 0 unspecified atom stereocenters. The van der Waals surface area contributed by atoms with E-state index in [-0.39, 0.29) is 31.2 Å². The molecule has 2 N–H and O–H groups in total. The highest BCUT2D eigenvalue weighted by Gasteiger charge is 2.13. The van der Waals surface area contributed by atoms with Crippen LogP contribution in [0.2, 0.25) is 0 Å². The van der Waals surface area contributed by atoms with Gasteiger partial charge in [0.05, 0.1) is 17.0 Å². The van der Waals surface area contributed by atoms with Crippen molar-refractivity contribution >= 4 is 24.1 Å². The SMILES string of the molecule is Cl.NCC(=O)OCc1ccccc1[N+](=O)[O-]. The van der Waals surface area contributed by atoms with Gasteiger partial charge in [-0.05, 0) is 6.07 Å². The number of rotatable bonds is 4. The standard InChI is InChI=1S/C9H10N2O4.ClH/c10-5-9(12)15-6-7-3-1-2-4-8(7)11(13)14;/h1-4H,5-6,10H2;1H. The van der Waals surface area contributed by atoms with Crippen LogP contribution in [0.1, 0.15) is 5.56 Å². The smallest absolute Gasteiger partial charge is 0.320 e. The number of esters is 1. The van der Waals surface area contributed by atoms with Crippen molar-refractivity contribution in [3.8, 4) is 0 Å². The Kier molecular flexibility index (Phi) is 6.06. The zero-order chi connectivity index (χ0) is 11.3. The zero-order valence-electron chi connectivity index (χ0n) is 8.29. The molecule has 7 heteroatoms. The number of nitro benzene ring substituents is 1. The van der Waals surface area contributed by atoms with Crippen LogP contribution in [0.15, 0.2) is 24.3 Å². The van der Waals surface area contributed by atoms with E-state index in [1.54, 1.807) is 12.1 Å². The van der Waals surface area contributed by atoms with E-state index < -0.39 is 10.9 Å². The highest BCUT2D eigenvalue weighted by molar-refractivity contribution is 5.85. The van der Waals surface area contributed by atoms with E-state index in [0.29, 0.717) is 5.56 Å². The lowest BCUT2D eigenvalue weighted by Crippen LogP contribution is -2.16. The Morgan fingerprint density at radius 2 is 2.06 bits per heavy atom. The second-order valence-electron chi connectivity index (χ2n) is 2.75. The van der Waals surface area contributed by atoms with E-state index in [1.807, 2.05) is 0 Å². The van der Waals surface area contributed by atoms with E-state index in [2.05, 4.69) is 0 Å². The van der Waals surface area contributed by atoms with Gasteiger partial charge >= 0.3 is 5.97 Å². The maximum absolute atomic E-state index is 10.7. The molecule has 0 heterocycles. The molecule has 0 spiro atoms. The molecule has 0 bridgehead atoms. The minimum atomic E-state index is -0.590. The fraction of sp³-hybridized carbons (Fsp3) is 0.222. The molecule has 88 valence electrons. The molecule has 0 aliphatic heterocycles. The average Bonchev–Trinajstić information content (AvgIpc) is 2.26. The highest BCUT2D eigenvalue weighted by Crippen LogP contribution is 2.18. The van der Waals surface area contributed by atoms with Crippen LogP contribution in [-0.4, -0.2) is 17.4 Å². The molecule has 6 nitrogen and oxygen atoms in total. The Balaban J connectivity index is 0.00000225. The van der Waals surface area contributed by atoms with Gasteiger partial charge < -0.3 is 10.5 Å². The van der Waals surface area contributed by atoms with Crippen molar-refractivity contribution < 1.29 is 14.5 Å². The number of halogens is 1. The maximum Gasteiger partial charge on any atom is 0.320 e. The molecular formula is C9H11ClN2O4. The predicted molar refractivity (Wildman–Crippen MR) is 59.2 cm³/mol. The number of carbonyl (C=O) groups excluding carboxylic acids is 1. The fourth-order valence-electron chi connectivity index (χ4n) is 1.03. The van der Waals surface area contributed by atoms with E-state index in [0.717, 1.165) is 0 Å². The van der Waals surface area contributed by atoms with Crippen molar-refractivity contribution in [3.05, 3.63) is 39.9 Å². The van der Waals surface area contributed by atoms with Gasteiger partial charge in [-0.15, -0.1) is 12.4 Å². The van der Waals surface area contributed by atoms with Gasteiger partial charge in [-0.25, -0.2) is 0 Å². The van der Waals surface area contributed by atoms with Gasteiger partial charge in [-0.2, -0.15) is 0 Å². The largest absolute Gasteiger partial charge is 0.460 e. The van der Waals surface area contributed by atoms with Gasteiger partial charge in [0.25, 0.3) is 5.69 Å². The molecule has 0 saturated heterocycles. The van der Waals surface area contributed by atoms with Crippen LogP contribution in [0.5, 0.6) is 0 Å². The summed E-state index contributed by atoms with van der Waals surface area (Å²) in [6.07, 6.45) is 0. The zero-order valence-corrected chi connectivity index (χ0v) is 9.11. The predicted octanol–water partition coefficient (Wildman–Crippen LogP) is 1.02. The van der Waals surface area contributed by atoms with Gasteiger partial charge in [0.1, 0.15) is 6.61 Å². The number of carbonyl (C=O) groups is 1. The third-order valence-electron chi connectivity index (χ3n) is 1.74. The van der Waals surface area contributed by atoms with Crippen LogP contribution in [0.25, 0.3) is 0 Å². The van der Waals surface area contributed by atoms with Gasteiger partial charge in [-0.3, -0.25) is 14.9 Å². The summed E-state index contributed by atoms with van der Waals surface area (Å²) in [5.74, 6) is -0.590. The molecule has 0 aromatic heterocycles. The molecule has 0 aliphatic carbocycles. The lowest BCUT2D eigenvalue weighted by atomic mass is 10.2. The molecule has 0 radical (unpaired) electrons. The summed E-state index contributed by atoms with van der Waals surface area (Å²) in [5.41, 5.74) is 5.31. The summed E-state index contributed by atoms with van der Waals surface area (Å²) in [6, 6.07) is 6.07. The number of nitro groups is 1. The molecule has 0 atom stereocenters. The summed E-state index contributed by atoms with van der Waals surface area (Å²) in [7, 11) is 0. The summed E-state index contributed by atoms with van der Waals surface area (Å²) in [4.78, 5) is 20.8. The van der Waals surface area contributed by atoms with Crippen LogP contribution >= 0.6 is 12.4 Å². The number of para-hydroxylation sites is 1. The monoisotopic (exact) mass is 246 g/mol. The minimum absolute atomic E-state index is 0. The van der Waals surface area contributed by atoms with Gasteiger partial charge in [0.2, 0.25) is 0 Å². The lowest BCUT2D eigenvalue weighted by Gasteiger charge is -2.03. The first-order valence-electron chi connectivity index (χ1n) is 4.23. The van der Waals surface area contributed by atoms with Crippen LogP contribution in [-0.2, 0) is 16.1 Å². The number of hydrogen-bond donors (Lipinski definition) is 1. The Hall–Kier alpha value is -1.66. The first-order valence-corrected chi connectivity index (χ1v) is 4.23. The number of hydrogen-bond acceptors (Lipinski definition) is 5. The maximum atomic E-state index is 10.7. The van der Waals surface area contributed by atoms with Crippen molar-refractivity contribution in [2.24, 2.45) is 5.73 Å². The molecule has 0 amide bonds. The molecule has 0 aliphatic rings. The third kappa shape index (κ3) is 3.84. The van der Waals surface area contributed by atoms with Crippen LogP contribution in [0.3, 0.4) is 0 Å². The van der Waals surface area contributed by atoms with E-state index in [4.69, 9.17) is 10.5 Å². The topological polar surface area (TPSA) is 95.5 Å². The second-order valence-corrected chi connectivity index (χ2v) is 2.75. The molecule has 16 heavy (non-hydrogen) atoms. The summed E-state index contributed by atoms with van der Waals surface area (Å²) in [5, 5.41) is 10.6. The Labute approximate surface area is 97.9 Å². The van der Waals surface area contributed by atoms with E-state index >= 15 is 0 Å². The van der Waals surface area contributed by atoms with Gasteiger partial charge in [-0.1, -0.05) is 12.1 Å². The summed E-state index contributed by atoms with van der Waals surface area (Å²) < 4.78 is 4.70. The molecule has 1 aromatic carbocycles. The molecule has 1 aromatic rings. The van der Waals surface area contributed by atoms with Crippen molar-refractivity contribution in [1.82, 2.24) is 0 Å². The summed E-state index contributed by atoms with van der Waals surface area (Å²) >= 11 is 0. The Morgan fingerprint density at radius 1 is 1.44 bits per heavy atom. The van der Waals surface area contributed by atoms with E-state index in [9.17, 15) is 14.9 Å². The number of nitrogens with zero attached hydrogens (tertiary/aromatic N) is 1. The molecule has 0 saturated carbocycles. The second kappa shape index (κ2) is 6.76. The number of nitrogens with two attached hydrogens (primary N) is 1. The first-order chi connectivity index (χ1) is 7.15. The quantitative estimate of drug-likeness (QED) is 0.486. The molecular weight excluding hydrogens is 236 g/mol. The van der Waals surface area contributed by atoms with Crippen molar-refractivity contribution in [3.63, 3.8) is 0 Å².